The second-order valence-corrected chi connectivity index (χ2v) is 5.59. The van der Waals surface area contributed by atoms with Gasteiger partial charge in [-0.2, -0.15) is 0 Å². The van der Waals surface area contributed by atoms with Crippen LogP contribution in [-0.2, 0) is 9.53 Å². The van der Waals surface area contributed by atoms with Crippen molar-refractivity contribution < 1.29 is 19.4 Å². The Kier molecular flexibility index (Phi) is 4.29. The van der Waals surface area contributed by atoms with Crippen molar-refractivity contribution in [2.75, 3.05) is 32.8 Å². The summed E-state index contributed by atoms with van der Waals surface area (Å²) in [6.45, 7) is 6.65. The normalized spacial score (nSPS) is 32.2. The number of aliphatic carboxylic acids is 1. The molecule has 2 amide bonds. The molecular formula is C13H22N2O4. The molecular weight excluding hydrogens is 248 g/mol. The van der Waals surface area contributed by atoms with Gasteiger partial charge in [-0.25, -0.2) is 4.79 Å². The SMILES string of the molecule is CC1CN(C(=O)N2C[C@@H](C)[C@H](C(=O)O)C2)CCCO1. The zero-order valence-corrected chi connectivity index (χ0v) is 11.5. The molecule has 0 saturated carbocycles. The maximum atomic E-state index is 12.4. The smallest absolute Gasteiger partial charge is 0.320 e. The Labute approximate surface area is 113 Å². The summed E-state index contributed by atoms with van der Waals surface area (Å²) in [4.78, 5) is 27.0. The number of amides is 2. The van der Waals surface area contributed by atoms with Crippen LogP contribution in [0.1, 0.15) is 20.3 Å². The molecule has 0 aliphatic carbocycles. The number of urea groups is 1. The molecule has 2 rings (SSSR count). The van der Waals surface area contributed by atoms with Crippen LogP contribution in [0, 0.1) is 11.8 Å². The van der Waals surface area contributed by atoms with Crippen molar-refractivity contribution in [2.24, 2.45) is 11.8 Å². The lowest BCUT2D eigenvalue weighted by Crippen LogP contribution is -2.44. The van der Waals surface area contributed by atoms with Gasteiger partial charge in [-0.1, -0.05) is 6.92 Å². The van der Waals surface area contributed by atoms with Crippen LogP contribution < -0.4 is 0 Å². The van der Waals surface area contributed by atoms with Gasteiger partial charge in [0.1, 0.15) is 0 Å². The van der Waals surface area contributed by atoms with Gasteiger partial charge in [0.25, 0.3) is 0 Å². The second kappa shape index (κ2) is 5.77. The summed E-state index contributed by atoms with van der Waals surface area (Å²) in [6, 6.07) is -0.0482. The molecule has 2 aliphatic rings. The van der Waals surface area contributed by atoms with Crippen LogP contribution in [-0.4, -0.2) is 65.8 Å². The minimum atomic E-state index is -0.810. The first-order valence-electron chi connectivity index (χ1n) is 6.87. The Bertz CT molecular complexity index is 361. The molecule has 0 radical (unpaired) electrons. The van der Waals surface area contributed by atoms with E-state index in [1.54, 1.807) is 9.80 Å². The molecule has 2 heterocycles. The molecule has 0 aromatic heterocycles. The van der Waals surface area contributed by atoms with E-state index in [4.69, 9.17) is 9.84 Å². The Hall–Kier alpha value is -1.30. The van der Waals surface area contributed by atoms with Gasteiger partial charge in [0.15, 0.2) is 0 Å². The fourth-order valence-electron chi connectivity index (χ4n) is 2.81. The summed E-state index contributed by atoms with van der Waals surface area (Å²) >= 11 is 0. The number of likely N-dealkylation sites (tertiary alicyclic amines) is 1. The van der Waals surface area contributed by atoms with Crippen LogP contribution in [0.5, 0.6) is 0 Å². The Morgan fingerprint density at radius 2 is 1.89 bits per heavy atom. The first-order valence-corrected chi connectivity index (χ1v) is 6.87. The van der Waals surface area contributed by atoms with E-state index < -0.39 is 11.9 Å². The Morgan fingerprint density at radius 3 is 2.53 bits per heavy atom. The number of carboxylic acids is 1. The molecule has 0 bridgehead atoms. The summed E-state index contributed by atoms with van der Waals surface area (Å²) in [6.07, 6.45) is 0.878. The van der Waals surface area contributed by atoms with Crippen molar-refractivity contribution in [2.45, 2.75) is 26.4 Å². The van der Waals surface area contributed by atoms with E-state index >= 15 is 0 Å². The fourth-order valence-corrected chi connectivity index (χ4v) is 2.81. The monoisotopic (exact) mass is 270 g/mol. The number of rotatable bonds is 1. The largest absolute Gasteiger partial charge is 0.481 e. The average Bonchev–Trinajstić information content (AvgIpc) is 2.60. The van der Waals surface area contributed by atoms with Gasteiger partial charge in [-0.05, 0) is 19.3 Å². The van der Waals surface area contributed by atoms with Crippen molar-refractivity contribution in [1.82, 2.24) is 9.80 Å². The molecule has 2 aliphatic heterocycles. The number of ether oxygens (including phenoxy) is 1. The summed E-state index contributed by atoms with van der Waals surface area (Å²) in [5.41, 5.74) is 0. The molecule has 108 valence electrons. The first kappa shape index (κ1) is 14.1. The van der Waals surface area contributed by atoms with E-state index in [9.17, 15) is 9.59 Å². The quantitative estimate of drug-likeness (QED) is 0.767. The maximum absolute atomic E-state index is 12.4. The summed E-state index contributed by atoms with van der Waals surface area (Å²) in [5, 5.41) is 9.11. The lowest BCUT2D eigenvalue weighted by atomic mass is 9.99. The molecule has 19 heavy (non-hydrogen) atoms. The zero-order chi connectivity index (χ0) is 14.0. The highest BCUT2D eigenvalue weighted by atomic mass is 16.5. The zero-order valence-electron chi connectivity index (χ0n) is 11.5. The highest BCUT2D eigenvalue weighted by Gasteiger charge is 2.38. The lowest BCUT2D eigenvalue weighted by Gasteiger charge is -2.27. The third-order valence-electron chi connectivity index (χ3n) is 3.92. The van der Waals surface area contributed by atoms with Gasteiger partial charge < -0.3 is 19.6 Å². The third-order valence-corrected chi connectivity index (χ3v) is 3.92. The molecule has 2 saturated heterocycles. The highest BCUT2D eigenvalue weighted by molar-refractivity contribution is 5.77. The van der Waals surface area contributed by atoms with E-state index in [1.807, 2.05) is 13.8 Å². The summed E-state index contributed by atoms with van der Waals surface area (Å²) < 4.78 is 5.52. The van der Waals surface area contributed by atoms with Gasteiger partial charge in [0, 0.05) is 32.8 Å². The topological polar surface area (TPSA) is 70.1 Å². The maximum Gasteiger partial charge on any atom is 0.320 e. The number of carbonyl (C=O) groups is 2. The van der Waals surface area contributed by atoms with E-state index in [1.165, 1.54) is 0 Å². The van der Waals surface area contributed by atoms with Gasteiger partial charge in [0.2, 0.25) is 0 Å². The minimum absolute atomic E-state index is 0.0158. The Morgan fingerprint density at radius 1 is 1.16 bits per heavy atom. The second-order valence-electron chi connectivity index (χ2n) is 5.59. The van der Waals surface area contributed by atoms with Crippen molar-refractivity contribution in [3.05, 3.63) is 0 Å². The molecule has 0 aromatic carbocycles. The van der Waals surface area contributed by atoms with Gasteiger partial charge in [-0.3, -0.25) is 4.79 Å². The van der Waals surface area contributed by atoms with Crippen molar-refractivity contribution in [3.63, 3.8) is 0 Å². The number of nitrogens with zero attached hydrogens (tertiary/aromatic N) is 2. The van der Waals surface area contributed by atoms with E-state index in [2.05, 4.69) is 0 Å². The number of hydrogen-bond donors (Lipinski definition) is 1. The van der Waals surface area contributed by atoms with Crippen LogP contribution in [0.15, 0.2) is 0 Å². The van der Waals surface area contributed by atoms with E-state index in [0.29, 0.717) is 32.8 Å². The van der Waals surface area contributed by atoms with E-state index in [-0.39, 0.29) is 18.1 Å². The van der Waals surface area contributed by atoms with Crippen LogP contribution in [0.4, 0.5) is 4.79 Å². The molecule has 1 unspecified atom stereocenters. The predicted octanol–water partition coefficient (Wildman–Crippen LogP) is 0.870. The first-order chi connectivity index (χ1) is 8.99. The lowest BCUT2D eigenvalue weighted by molar-refractivity contribution is -0.142. The average molecular weight is 270 g/mol. The number of hydrogen-bond acceptors (Lipinski definition) is 3. The van der Waals surface area contributed by atoms with Gasteiger partial charge in [0.05, 0.1) is 12.0 Å². The summed E-state index contributed by atoms with van der Waals surface area (Å²) in [7, 11) is 0. The Balaban J connectivity index is 1.98. The van der Waals surface area contributed by atoms with Crippen LogP contribution >= 0.6 is 0 Å². The molecule has 6 nitrogen and oxygen atoms in total. The van der Waals surface area contributed by atoms with E-state index in [0.717, 1.165) is 6.42 Å². The van der Waals surface area contributed by atoms with Crippen molar-refractivity contribution in [3.8, 4) is 0 Å². The summed E-state index contributed by atoms with van der Waals surface area (Å²) in [5.74, 6) is -1.23. The van der Waals surface area contributed by atoms with Gasteiger partial charge in [-0.15, -0.1) is 0 Å². The number of carbonyl (C=O) groups excluding carboxylic acids is 1. The van der Waals surface area contributed by atoms with Crippen molar-refractivity contribution in [1.29, 1.82) is 0 Å². The molecule has 6 heteroatoms. The molecule has 1 N–H and O–H groups in total. The molecule has 0 spiro atoms. The highest BCUT2D eigenvalue weighted by Crippen LogP contribution is 2.24. The fraction of sp³-hybridized carbons (Fsp3) is 0.846. The van der Waals surface area contributed by atoms with Gasteiger partial charge >= 0.3 is 12.0 Å². The van der Waals surface area contributed by atoms with Crippen LogP contribution in [0.25, 0.3) is 0 Å². The molecule has 0 aromatic rings. The minimum Gasteiger partial charge on any atom is -0.481 e. The number of carboxylic acid groups (broad SMARTS) is 1. The third kappa shape index (κ3) is 3.18. The van der Waals surface area contributed by atoms with Crippen molar-refractivity contribution >= 4 is 12.0 Å². The molecule has 3 atom stereocenters. The van der Waals surface area contributed by atoms with Crippen LogP contribution in [0.3, 0.4) is 0 Å². The standard InChI is InChI=1S/C13H22N2O4/c1-9-6-15(8-11(9)12(16)17)13(18)14-4-3-5-19-10(2)7-14/h9-11H,3-8H2,1-2H3,(H,16,17)/t9-,10?,11-/m1/s1. The molecule has 2 fully saturated rings. The predicted molar refractivity (Wildman–Crippen MR) is 68.9 cm³/mol. The van der Waals surface area contributed by atoms with Crippen LogP contribution in [0.2, 0.25) is 0 Å².